The molecule has 4 aromatic rings. The Hall–Kier alpha value is -4.13. The molecule has 0 spiro atoms. The van der Waals surface area contributed by atoms with Gasteiger partial charge >= 0.3 is 6.18 Å². The van der Waals surface area contributed by atoms with Crippen LogP contribution in [0.15, 0.2) is 90.1 Å². The molecule has 13 heteroatoms. The lowest BCUT2D eigenvalue weighted by Gasteiger charge is -2.28. The molecule has 0 saturated heterocycles. The normalized spacial score (nSPS) is 11.4. The summed E-state index contributed by atoms with van der Waals surface area (Å²) in [7, 11) is -2.89. The Morgan fingerprint density at radius 1 is 1.02 bits per heavy atom. The molecule has 0 saturated carbocycles. The number of alkyl halides is 3. The average molecular weight is 608 g/mol. The summed E-state index contributed by atoms with van der Waals surface area (Å²) >= 11 is 0. The fourth-order valence-electron chi connectivity index (χ4n) is 4.20. The van der Waals surface area contributed by atoms with E-state index in [1.807, 2.05) is 0 Å². The first-order chi connectivity index (χ1) is 19.0. The molecule has 0 bridgehead atoms. The van der Waals surface area contributed by atoms with E-state index in [4.69, 9.17) is 4.74 Å². The Kier molecular flexibility index (Phi) is 9.64. The van der Waals surface area contributed by atoms with E-state index in [-0.39, 0.29) is 51.8 Å². The van der Waals surface area contributed by atoms with Crippen LogP contribution in [0.2, 0.25) is 0 Å². The highest BCUT2D eigenvalue weighted by molar-refractivity contribution is 7.92. The number of hydroxylamine groups is 1. The number of anilines is 1. The van der Waals surface area contributed by atoms with Gasteiger partial charge in [-0.15, -0.1) is 12.4 Å². The molecule has 1 aromatic heterocycles. The smallest absolute Gasteiger partial charge is 0.416 e. The molecule has 216 valence electrons. The van der Waals surface area contributed by atoms with Crippen LogP contribution in [0.5, 0.6) is 5.75 Å². The van der Waals surface area contributed by atoms with Crippen molar-refractivity contribution in [3.63, 3.8) is 0 Å². The molecule has 0 fully saturated rings. The number of benzene rings is 3. The van der Waals surface area contributed by atoms with Crippen molar-refractivity contribution in [3.05, 3.63) is 107 Å². The largest absolute Gasteiger partial charge is 0.497 e. The minimum atomic E-state index is -4.59. The van der Waals surface area contributed by atoms with Crippen LogP contribution < -0.4 is 14.5 Å². The molecule has 8 nitrogen and oxygen atoms in total. The molecule has 0 aliphatic rings. The van der Waals surface area contributed by atoms with Crippen molar-refractivity contribution in [2.24, 2.45) is 0 Å². The first-order valence-corrected chi connectivity index (χ1v) is 13.2. The van der Waals surface area contributed by atoms with E-state index >= 15 is 0 Å². The Morgan fingerprint density at radius 3 is 2.32 bits per heavy atom. The van der Waals surface area contributed by atoms with Crippen LogP contribution in [0.4, 0.5) is 18.9 Å². The average Bonchev–Trinajstić information content (AvgIpc) is 2.95. The monoisotopic (exact) mass is 607 g/mol. The number of hydrogen-bond donors (Lipinski definition) is 2. The number of pyridine rings is 1. The Bertz CT molecular complexity index is 1630. The molecule has 1 amide bonds. The number of hydrogen-bond acceptors (Lipinski definition) is 6. The second-order valence-corrected chi connectivity index (χ2v) is 10.6. The lowest BCUT2D eigenvalue weighted by molar-refractivity contribution is -0.137. The van der Waals surface area contributed by atoms with Crippen LogP contribution >= 0.6 is 12.4 Å². The van der Waals surface area contributed by atoms with Crippen LogP contribution in [-0.4, -0.2) is 31.6 Å². The van der Waals surface area contributed by atoms with Crippen LogP contribution in [0, 0.1) is 6.92 Å². The van der Waals surface area contributed by atoms with Gasteiger partial charge in [0, 0.05) is 12.4 Å². The highest BCUT2D eigenvalue weighted by Crippen LogP contribution is 2.38. The van der Waals surface area contributed by atoms with Crippen LogP contribution in [0.3, 0.4) is 0 Å². The molecule has 0 atom stereocenters. The van der Waals surface area contributed by atoms with Crippen molar-refractivity contribution in [3.8, 4) is 16.9 Å². The van der Waals surface area contributed by atoms with Gasteiger partial charge in [-0.3, -0.25) is 19.3 Å². The van der Waals surface area contributed by atoms with Gasteiger partial charge in [-0.25, -0.2) is 13.9 Å². The van der Waals surface area contributed by atoms with Gasteiger partial charge in [-0.05, 0) is 83.8 Å². The maximum absolute atomic E-state index is 14.0. The Morgan fingerprint density at radius 2 is 1.73 bits per heavy atom. The number of amides is 1. The van der Waals surface area contributed by atoms with Crippen LogP contribution in [-0.2, 0) is 22.7 Å². The minimum absolute atomic E-state index is 0. The third-order valence-corrected chi connectivity index (χ3v) is 7.88. The number of halogens is 4. The zero-order valence-electron chi connectivity index (χ0n) is 21.7. The fourth-order valence-corrected chi connectivity index (χ4v) is 5.74. The zero-order valence-corrected chi connectivity index (χ0v) is 23.3. The quantitative estimate of drug-likeness (QED) is 0.187. The molecular weight excluding hydrogens is 583 g/mol. The number of carbonyl (C=O) groups is 1. The molecule has 0 aliphatic heterocycles. The fraction of sp³-hybridized carbons (Fsp3) is 0.143. The minimum Gasteiger partial charge on any atom is -0.497 e. The number of aryl methyl sites for hydroxylation is 1. The summed E-state index contributed by atoms with van der Waals surface area (Å²) in [5.41, 5.74) is 1.41. The zero-order chi connectivity index (χ0) is 29.1. The number of nitrogens with zero attached hydrogens (tertiary/aromatic N) is 2. The predicted molar refractivity (Wildman–Crippen MR) is 149 cm³/mol. The van der Waals surface area contributed by atoms with Gasteiger partial charge in [0.1, 0.15) is 5.75 Å². The summed E-state index contributed by atoms with van der Waals surface area (Å²) in [6, 6.07) is 16.2. The summed E-state index contributed by atoms with van der Waals surface area (Å²) in [6.07, 6.45) is -1.61. The summed E-state index contributed by atoms with van der Waals surface area (Å²) < 4.78 is 74.2. The number of aromatic nitrogens is 1. The second kappa shape index (κ2) is 12.6. The van der Waals surface area contributed by atoms with E-state index in [1.165, 1.54) is 80.4 Å². The number of ether oxygens (including phenoxy) is 1. The molecule has 0 radical (unpaired) electrons. The molecule has 0 aliphatic carbocycles. The van der Waals surface area contributed by atoms with Gasteiger partial charge in [-0.1, -0.05) is 18.2 Å². The standard InChI is InChI=1S/C28H24F3N3O5S.ClH/c1-18-13-21(20-6-3-7-22(14-20)28(29,30)31)15-25(27(35)33-36)26(18)34(17-19-5-4-12-32-16-19)40(37,38)24-10-8-23(39-2)9-11-24;/h3-16,36H,17H2,1-2H3,(H,33,35);1H. The molecule has 41 heavy (non-hydrogen) atoms. The first-order valence-electron chi connectivity index (χ1n) is 11.8. The van der Waals surface area contributed by atoms with Crippen LogP contribution in [0.25, 0.3) is 11.1 Å². The van der Waals surface area contributed by atoms with Crippen molar-refractivity contribution >= 4 is 34.0 Å². The van der Waals surface area contributed by atoms with Crippen molar-refractivity contribution < 1.29 is 36.3 Å². The lowest BCUT2D eigenvalue weighted by Crippen LogP contribution is -2.34. The van der Waals surface area contributed by atoms with E-state index in [0.29, 0.717) is 11.3 Å². The number of rotatable bonds is 8. The van der Waals surface area contributed by atoms with Gasteiger partial charge < -0.3 is 4.74 Å². The van der Waals surface area contributed by atoms with E-state index in [2.05, 4.69) is 4.98 Å². The van der Waals surface area contributed by atoms with Crippen LogP contribution in [0.1, 0.15) is 27.0 Å². The number of carbonyl (C=O) groups excluding carboxylic acids is 1. The topological polar surface area (TPSA) is 109 Å². The van der Waals surface area contributed by atoms with Gasteiger partial charge in [0.15, 0.2) is 0 Å². The van der Waals surface area contributed by atoms with Gasteiger partial charge in [0.25, 0.3) is 15.9 Å². The van der Waals surface area contributed by atoms with Crippen molar-refractivity contribution in [2.45, 2.75) is 24.5 Å². The van der Waals surface area contributed by atoms with E-state index in [9.17, 15) is 31.6 Å². The summed E-state index contributed by atoms with van der Waals surface area (Å²) in [4.78, 5) is 16.8. The highest BCUT2D eigenvalue weighted by atomic mass is 35.5. The van der Waals surface area contributed by atoms with Gasteiger partial charge in [0.05, 0.1) is 35.4 Å². The van der Waals surface area contributed by atoms with Crippen molar-refractivity contribution in [1.82, 2.24) is 10.5 Å². The summed E-state index contributed by atoms with van der Waals surface area (Å²) in [5, 5.41) is 9.52. The molecule has 3 aromatic carbocycles. The van der Waals surface area contributed by atoms with E-state index in [0.717, 1.165) is 16.4 Å². The van der Waals surface area contributed by atoms with Gasteiger partial charge in [0.2, 0.25) is 0 Å². The molecule has 4 rings (SSSR count). The molecule has 2 N–H and O–H groups in total. The third kappa shape index (κ3) is 6.79. The highest BCUT2D eigenvalue weighted by Gasteiger charge is 2.32. The van der Waals surface area contributed by atoms with Crippen molar-refractivity contribution in [1.29, 1.82) is 0 Å². The lowest BCUT2D eigenvalue weighted by atomic mass is 9.96. The molecular formula is C28H25ClF3N3O5S. The predicted octanol–water partition coefficient (Wildman–Crippen LogP) is 6.02. The van der Waals surface area contributed by atoms with Gasteiger partial charge in [-0.2, -0.15) is 13.2 Å². The molecule has 0 unspecified atom stereocenters. The summed E-state index contributed by atoms with van der Waals surface area (Å²) in [5.74, 6) is -0.618. The molecule has 1 heterocycles. The Labute approximate surface area is 240 Å². The second-order valence-electron chi connectivity index (χ2n) is 8.76. The van der Waals surface area contributed by atoms with E-state index in [1.54, 1.807) is 12.1 Å². The number of nitrogens with one attached hydrogen (secondary N) is 1. The van der Waals surface area contributed by atoms with Crippen molar-refractivity contribution in [2.75, 3.05) is 11.4 Å². The maximum atomic E-state index is 14.0. The number of sulfonamides is 1. The number of methoxy groups -OCH3 is 1. The van der Waals surface area contributed by atoms with E-state index < -0.39 is 27.7 Å². The third-order valence-electron chi connectivity index (χ3n) is 6.12. The maximum Gasteiger partial charge on any atom is 0.416 e. The SMILES string of the molecule is COc1ccc(S(=O)(=O)N(Cc2cccnc2)c2c(C)cc(-c3cccc(C(F)(F)F)c3)cc2C(=O)NO)cc1.Cl. The Balaban J connectivity index is 0.00000462. The first kappa shape index (κ1) is 31.4. The summed E-state index contributed by atoms with van der Waals surface area (Å²) in [6.45, 7) is 1.29.